The van der Waals surface area contributed by atoms with Gasteiger partial charge < -0.3 is 4.74 Å². The fourth-order valence-electron chi connectivity index (χ4n) is 4.88. The summed E-state index contributed by atoms with van der Waals surface area (Å²) in [6, 6.07) is 16.2. The van der Waals surface area contributed by atoms with Gasteiger partial charge in [-0.15, -0.1) is 0 Å². The van der Waals surface area contributed by atoms with E-state index in [-0.39, 0.29) is 0 Å². The summed E-state index contributed by atoms with van der Waals surface area (Å²) in [6.45, 7) is 4.15. The minimum absolute atomic E-state index is 0.385. The van der Waals surface area contributed by atoms with Crippen molar-refractivity contribution < 1.29 is 13.2 Å². The van der Waals surface area contributed by atoms with Gasteiger partial charge in [0.2, 0.25) is 0 Å². The molecule has 0 aromatic heterocycles. The molecule has 0 N–H and O–H groups in total. The Hall–Kier alpha value is -1.89. The maximum absolute atomic E-state index is 11.6. The first-order valence-electron chi connectivity index (χ1n) is 9.70. The van der Waals surface area contributed by atoms with E-state index in [0.717, 1.165) is 31.9 Å². The predicted octanol–water partition coefficient (Wildman–Crippen LogP) is 2.83. The largest absolute Gasteiger partial charge is 0.497 e. The molecule has 6 heteroatoms. The lowest BCUT2D eigenvalue weighted by Gasteiger charge is -2.27. The van der Waals surface area contributed by atoms with E-state index in [1.807, 2.05) is 24.3 Å². The van der Waals surface area contributed by atoms with Crippen LogP contribution in [0.3, 0.4) is 0 Å². The fraction of sp³-hybridized carbons (Fsp3) is 0.455. The SMILES string of the molecule is COc1ccc([C@H]2[C@@H]3CN(Cc4ccc(S(C)(=O)=O)cc4)C[C@@H]3CN2C)cc1. The predicted molar refractivity (Wildman–Crippen MR) is 110 cm³/mol. The highest BCUT2D eigenvalue weighted by Crippen LogP contribution is 2.44. The molecular weight excluding hydrogens is 372 g/mol. The van der Waals surface area contributed by atoms with Crippen LogP contribution in [0, 0.1) is 11.8 Å². The Bertz CT molecular complexity index is 925. The molecule has 0 saturated carbocycles. The first-order chi connectivity index (χ1) is 13.3. The van der Waals surface area contributed by atoms with Gasteiger partial charge in [-0.05, 0) is 54.3 Å². The number of methoxy groups -OCH3 is 1. The van der Waals surface area contributed by atoms with Gasteiger partial charge in [0.15, 0.2) is 9.84 Å². The van der Waals surface area contributed by atoms with E-state index in [1.165, 1.54) is 17.4 Å². The van der Waals surface area contributed by atoms with Gasteiger partial charge in [0, 0.05) is 38.5 Å². The molecule has 28 heavy (non-hydrogen) atoms. The molecule has 150 valence electrons. The van der Waals surface area contributed by atoms with Gasteiger partial charge in [0.05, 0.1) is 12.0 Å². The second-order valence-electron chi connectivity index (χ2n) is 8.19. The van der Waals surface area contributed by atoms with Gasteiger partial charge in [-0.2, -0.15) is 0 Å². The van der Waals surface area contributed by atoms with Crippen LogP contribution in [0.5, 0.6) is 5.75 Å². The van der Waals surface area contributed by atoms with Crippen LogP contribution >= 0.6 is 0 Å². The van der Waals surface area contributed by atoms with Gasteiger partial charge in [-0.3, -0.25) is 9.80 Å². The van der Waals surface area contributed by atoms with E-state index < -0.39 is 9.84 Å². The minimum Gasteiger partial charge on any atom is -0.497 e. The second kappa shape index (κ2) is 7.50. The van der Waals surface area contributed by atoms with Crippen LogP contribution in [0.25, 0.3) is 0 Å². The maximum atomic E-state index is 11.6. The number of rotatable bonds is 5. The summed E-state index contributed by atoms with van der Waals surface area (Å²) < 4.78 is 28.6. The fourth-order valence-corrected chi connectivity index (χ4v) is 5.51. The van der Waals surface area contributed by atoms with Crippen molar-refractivity contribution in [3.63, 3.8) is 0 Å². The Balaban J connectivity index is 1.45. The zero-order valence-corrected chi connectivity index (χ0v) is 17.5. The van der Waals surface area contributed by atoms with E-state index >= 15 is 0 Å². The number of hydrogen-bond acceptors (Lipinski definition) is 5. The molecule has 0 radical (unpaired) electrons. The quantitative estimate of drug-likeness (QED) is 0.773. The molecule has 2 aliphatic heterocycles. The highest BCUT2D eigenvalue weighted by atomic mass is 32.2. The van der Waals surface area contributed by atoms with Crippen molar-refractivity contribution in [1.82, 2.24) is 9.80 Å². The molecule has 2 aliphatic rings. The standard InChI is InChI=1S/C22H28N2O3S/c1-23-13-18-14-24(12-16-4-10-20(11-5-16)28(3,25)26)15-21(18)22(23)17-6-8-19(27-2)9-7-17/h4-11,18,21-22H,12-15H2,1-3H3/t18-,21+,22-/m0/s1. The molecule has 5 nitrogen and oxygen atoms in total. The lowest BCUT2D eigenvalue weighted by Crippen LogP contribution is -2.28. The van der Waals surface area contributed by atoms with E-state index in [2.05, 4.69) is 29.0 Å². The van der Waals surface area contributed by atoms with Crippen LogP contribution in [0.1, 0.15) is 17.2 Å². The summed E-state index contributed by atoms with van der Waals surface area (Å²) >= 11 is 0. The van der Waals surface area contributed by atoms with Crippen LogP contribution in [-0.4, -0.2) is 58.3 Å². The van der Waals surface area contributed by atoms with Crippen LogP contribution in [0.15, 0.2) is 53.4 Å². The smallest absolute Gasteiger partial charge is 0.175 e. The van der Waals surface area contributed by atoms with Crippen LogP contribution < -0.4 is 4.74 Å². The molecular formula is C22H28N2O3S. The summed E-state index contributed by atoms with van der Waals surface area (Å²) in [5.74, 6) is 2.19. The minimum atomic E-state index is -3.14. The Morgan fingerprint density at radius 3 is 2.29 bits per heavy atom. The van der Waals surface area contributed by atoms with Crippen LogP contribution in [0.4, 0.5) is 0 Å². The van der Waals surface area contributed by atoms with Gasteiger partial charge in [-0.25, -0.2) is 8.42 Å². The van der Waals surface area contributed by atoms with E-state index in [1.54, 1.807) is 19.2 Å². The van der Waals surface area contributed by atoms with Crippen molar-refractivity contribution in [2.75, 3.05) is 40.0 Å². The van der Waals surface area contributed by atoms with Crippen molar-refractivity contribution in [1.29, 1.82) is 0 Å². The molecule has 0 amide bonds. The average Bonchev–Trinajstić information content (AvgIpc) is 3.17. The van der Waals surface area contributed by atoms with E-state index in [0.29, 0.717) is 22.8 Å². The molecule has 2 saturated heterocycles. The maximum Gasteiger partial charge on any atom is 0.175 e. The summed E-state index contributed by atoms with van der Waals surface area (Å²) in [4.78, 5) is 5.37. The molecule has 2 fully saturated rings. The zero-order chi connectivity index (χ0) is 19.9. The van der Waals surface area contributed by atoms with Gasteiger partial charge in [-0.1, -0.05) is 24.3 Å². The average molecular weight is 401 g/mol. The number of sulfone groups is 1. The normalized spacial score (nSPS) is 25.8. The first-order valence-corrected chi connectivity index (χ1v) is 11.6. The molecule has 2 heterocycles. The monoisotopic (exact) mass is 400 g/mol. The molecule has 0 aliphatic carbocycles. The van der Waals surface area contributed by atoms with Crippen molar-refractivity contribution in [2.45, 2.75) is 17.5 Å². The van der Waals surface area contributed by atoms with Crippen molar-refractivity contribution in [2.24, 2.45) is 11.8 Å². The van der Waals surface area contributed by atoms with Crippen LogP contribution in [-0.2, 0) is 16.4 Å². The zero-order valence-electron chi connectivity index (χ0n) is 16.7. The third-order valence-corrected chi connectivity index (χ3v) is 7.31. The van der Waals surface area contributed by atoms with Gasteiger partial charge in [0.1, 0.15) is 5.75 Å². The molecule has 4 rings (SSSR count). The third kappa shape index (κ3) is 3.81. The molecule has 2 aromatic rings. The Morgan fingerprint density at radius 1 is 1.00 bits per heavy atom. The number of fused-ring (bicyclic) bond motifs is 1. The second-order valence-corrected chi connectivity index (χ2v) is 10.2. The summed E-state index contributed by atoms with van der Waals surface area (Å²) in [7, 11) is 0.786. The Morgan fingerprint density at radius 2 is 1.68 bits per heavy atom. The first kappa shape index (κ1) is 19.4. The van der Waals surface area contributed by atoms with Crippen molar-refractivity contribution in [3.8, 4) is 5.75 Å². The molecule has 0 bridgehead atoms. The van der Waals surface area contributed by atoms with Crippen molar-refractivity contribution >= 4 is 9.84 Å². The lowest BCUT2D eigenvalue weighted by atomic mass is 9.89. The summed E-state index contributed by atoms with van der Waals surface area (Å²) in [5, 5.41) is 0. The highest BCUT2D eigenvalue weighted by Gasteiger charge is 2.45. The number of benzene rings is 2. The Kier molecular flexibility index (Phi) is 5.21. The number of likely N-dealkylation sites (tertiary alicyclic amines) is 2. The Labute approximate surface area is 167 Å². The van der Waals surface area contributed by atoms with Crippen molar-refractivity contribution in [3.05, 3.63) is 59.7 Å². The number of nitrogens with zero attached hydrogens (tertiary/aromatic N) is 2. The third-order valence-electron chi connectivity index (χ3n) is 6.19. The summed E-state index contributed by atoms with van der Waals surface area (Å²) in [5.41, 5.74) is 2.52. The molecule has 0 unspecified atom stereocenters. The molecule has 0 spiro atoms. The summed E-state index contributed by atoms with van der Waals surface area (Å²) in [6.07, 6.45) is 1.25. The van der Waals surface area contributed by atoms with E-state index in [9.17, 15) is 8.42 Å². The van der Waals surface area contributed by atoms with Gasteiger partial charge >= 0.3 is 0 Å². The lowest BCUT2D eigenvalue weighted by molar-refractivity contribution is 0.224. The van der Waals surface area contributed by atoms with E-state index in [4.69, 9.17) is 4.74 Å². The number of ether oxygens (including phenoxy) is 1. The molecule has 3 atom stereocenters. The highest BCUT2D eigenvalue weighted by molar-refractivity contribution is 7.90. The number of hydrogen-bond donors (Lipinski definition) is 0. The topological polar surface area (TPSA) is 49.9 Å². The van der Waals surface area contributed by atoms with Gasteiger partial charge in [0.25, 0.3) is 0 Å². The molecule has 2 aromatic carbocycles. The van der Waals surface area contributed by atoms with Crippen LogP contribution in [0.2, 0.25) is 0 Å².